The van der Waals surface area contributed by atoms with Gasteiger partial charge < -0.3 is 20.4 Å². The van der Waals surface area contributed by atoms with E-state index in [0.29, 0.717) is 0 Å². The topological polar surface area (TPSA) is 149 Å². The fourth-order valence-corrected chi connectivity index (χ4v) is 1.31. The van der Waals surface area contributed by atoms with Crippen LogP contribution in [0.5, 0.6) is 0 Å². The predicted molar refractivity (Wildman–Crippen MR) is 55.8 cm³/mol. The van der Waals surface area contributed by atoms with Crippen molar-refractivity contribution in [3.05, 3.63) is 12.2 Å². The first kappa shape index (κ1) is 15.8. The van der Waals surface area contributed by atoms with Crippen LogP contribution in [-0.2, 0) is 19.2 Å². The summed E-state index contributed by atoms with van der Waals surface area (Å²) in [6.45, 7) is 4.27. The summed E-state index contributed by atoms with van der Waals surface area (Å²) >= 11 is 0. The molecule has 0 amide bonds. The van der Waals surface area contributed by atoms with Gasteiger partial charge in [-0.1, -0.05) is 6.58 Å². The zero-order valence-corrected chi connectivity index (χ0v) is 9.41. The second-order valence-electron chi connectivity index (χ2n) is 3.72. The van der Waals surface area contributed by atoms with Crippen molar-refractivity contribution in [3.63, 3.8) is 0 Å². The highest BCUT2D eigenvalue weighted by molar-refractivity contribution is 6.11. The fourth-order valence-electron chi connectivity index (χ4n) is 1.31. The van der Waals surface area contributed by atoms with E-state index in [-0.39, 0.29) is 5.57 Å². The minimum atomic E-state index is -3.23. The quantitative estimate of drug-likeness (QED) is 0.340. The van der Waals surface area contributed by atoms with Crippen LogP contribution in [0.2, 0.25) is 0 Å². The molecule has 0 aromatic rings. The molecule has 0 aliphatic carbocycles. The maximum absolute atomic E-state index is 11.5. The van der Waals surface area contributed by atoms with Gasteiger partial charge in [0.15, 0.2) is 17.3 Å². The first-order valence-electron chi connectivity index (χ1n) is 4.64. The van der Waals surface area contributed by atoms with Gasteiger partial charge in [-0.15, -0.1) is 0 Å². The molecule has 4 N–H and O–H groups in total. The van der Waals surface area contributed by atoms with E-state index in [2.05, 4.69) is 6.58 Å². The number of carboxylic acids is 3. The highest BCUT2D eigenvalue weighted by Gasteiger charge is 2.53. The number of hydrogen-bond acceptors (Lipinski definition) is 5. The van der Waals surface area contributed by atoms with Gasteiger partial charge in [-0.3, -0.25) is 14.4 Å². The van der Waals surface area contributed by atoms with Gasteiger partial charge in [0, 0.05) is 0 Å². The molecule has 0 saturated carbocycles. The third kappa shape index (κ3) is 3.14. The van der Waals surface area contributed by atoms with Crippen LogP contribution in [0, 0.1) is 5.92 Å². The molecule has 8 nitrogen and oxygen atoms in total. The molecule has 8 heteroatoms. The second kappa shape index (κ2) is 5.41. The molecule has 0 saturated heterocycles. The number of rotatable bonds is 7. The number of allylic oxidation sites excluding steroid dienone is 1. The first-order valence-corrected chi connectivity index (χ1v) is 4.64. The van der Waals surface area contributed by atoms with E-state index in [9.17, 15) is 24.3 Å². The van der Waals surface area contributed by atoms with Gasteiger partial charge in [-0.2, -0.15) is 0 Å². The average molecular weight is 260 g/mol. The molecule has 0 rings (SSSR count). The van der Waals surface area contributed by atoms with E-state index in [1.54, 1.807) is 0 Å². The Morgan fingerprint density at radius 2 is 1.61 bits per heavy atom. The zero-order chi connectivity index (χ0) is 14.7. The molecule has 0 spiro atoms. The van der Waals surface area contributed by atoms with Gasteiger partial charge in [0.2, 0.25) is 0 Å². The normalized spacial score (nSPS) is 15.2. The van der Waals surface area contributed by atoms with Crippen molar-refractivity contribution in [2.45, 2.75) is 18.9 Å². The summed E-state index contributed by atoms with van der Waals surface area (Å²) < 4.78 is 0. The minimum absolute atomic E-state index is 0.299. The third-order valence-corrected chi connectivity index (χ3v) is 2.20. The molecule has 0 radical (unpaired) electrons. The summed E-state index contributed by atoms with van der Waals surface area (Å²) in [5.41, 5.74) is -3.53. The summed E-state index contributed by atoms with van der Waals surface area (Å²) in [6, 6.07) is 0. The second-order valence-corrected chi connectivity index (χ2v) is 3.72. The molecule has 18 heavy (non-hydrogen) atoms. The van der Waals surface area contributed by atoms with Gasteiger partial charge in [0.05, 0.1) is 6.42 Å². The first-order chi connectivity index (χ1) is 8.04. The Labute approximate surface area is 101 Å². The Morgan fingerprint density at radius 1 is 1.17 bits per heavy atom. The van der Waals surface area contributed by atoms with Crippen LogP contribution < -0.4 is 0 Å². The summed E-state index contributed by atoms with van der Waals surface area (Å²) in [4.78, 5) is 43.8. The van der Waals surface area contributed by atoms with Crippen LogP contribution in [0.25, 0.3) is 0 Å². The Kier molecular flexibility index (Phi) is 4.74. The van der Waals surface area contributed by atoms with Crippen molar-refractivity contribution < 1.29 is 39.6 Å². The molecule has 2 atom stereocenters. The van der Waals surface area contributed by atoms with E-state index < -0.39 is 41.6 Å². The van der Waals surface area contributed by atoms with E-state index >= 15 is 0 Å². The predicted octanol–water partition coefficient (Wildman–Crippen LogP) is -0.877. The molecule has 100 valence electrons. The van der Waals surface area contributed by atoms with Crippen LogP contribution in [-0.4, -0.2) is 49.7 Å². The summed E-state index contributed by atoms with van der Waals surface area (Å²) in [5.74, 6) is -9.46. The van der Waals surface area contributed by atoms with E-state index in [1.165, 1.54) is 0 Å². The van der Waals surface area contributed by atoms with Gasteiger partial charge in [0.1, 0.15) is 0 Å². The molecule has 0 aliphatic rings. The molecule has 0 aromatic heterocycles. The molecule has 0 aliphatic heterocycles. The molecule has 2 unspecified atom stereocenters. The van der Waals surface area contributed by atoms with Crippen LogP contribution >= 0.6 is 0 Å². The Hall–Kier alpha value is -2.22. The molecule has 0 aromatic carbocycles. The Balaban J connectivity index is 5.73. The monoisotopic (exact) mass is 260 g/mol. The smallest absolute Gasteiger partial charge is 0.337 e. The van der Waals surface area contributed by atoms with Crippen molar-refractivity contribution in [2.75, 3.05) is 0 Å². The van der Waals surface area contributed by atoms with Crippen molar-refractivity contribution in [1.29, 1.82) is 0 Å². The Bertz CT molecular complexity index is 424. The van der Waals surface area contributed by atoms with Crippen LogP contribution in [0.4, 0.5) is 0 Å². The third-order valence-electron chi connectivity index (χ3n) is 2.20. The van der Waals surface area contributed by atoms with Crippen molar-refractivity contribution in [2.24, 2.45) is 5.92 Å². The number of aliphatic hydroxyl groups is 1. The Morgan fingerprint density at radius 3 is 1.83 bits per heavy atom. The number of Topliss-reactive ketones (excluding diaryl/α,β-unsaturated/α-hetero) is 1. The molecule has 0 fully saturated rings. The lowest BCUT2D eigenvalue weighted by atomic mass is 9.80. The van der Waals surface area contributed by atoms with Crippen molar-refractivity contribution in [1.82, 2.24) is 0 Å². The number of ketones is 1. The molecule has 0 bridgehead atoms. The lowest BCUT2D eigenvalue weighted by Gasteiger charge is -2.27. The molecule has 0 heterocycles. The SMILES string of the molecule is C=C(C)C(=O)C(C(=O)O)C(O)(CC(=O)O)C(=O)O. The number of aliphatic carboxylic acids is 3. The number of hydrogen-bond donors (Lipinski definition) is 4. The van der Waals surface area contributed by atoms with Crippen molar-refractivity contribution >= 4 is 23.7 Å². The summed E-state index contributed by atoms with van der Waals surface area (Å²) in [6.07, 6.45) is -1.42. The summed E-state index contributed by atoms with van der Waals surface area (Å²) in [7, 11) is 0. The van der Waals surface area contributed by atoms with E-state index in [1.807, 2.05) is 0 Å². The van der Waals surface area contributed by atoms with E-state index in [0.717, 1.165) is 6.92 Å². The van der Waals surface area contributed by atoms with Gasteiger partial charge in [-0.25, -0.2) is 4.79 Å². The van der Waals surface area contributed by atoms with Gasteiger partial charge in [-0.05, 0) is 12.5 Å². The van der Waals surface area contributed by atoms with Crippen LogP contribution in [0.15, 0.2) is 12.2 Å². The minimum Gasteiger partial charge on any atom is -0.481 e. The molecular weight excluding hydrogens is 248 g/mol. The number of carboxylic acid groups (broad SMARTS) is 3. The largest absolute Gasteiger partial charge is 0.481 e. The maximum atomic E-state index is 11.5. The number of carbonyl (C=O) groups excluding carboxylic acids is 1. The van der Waals surface area contributed by atoms with Crippen LogP contribution in [0.1, 0.15) is 13.3 Å². The summed E-state index contributed by atoms with van der Waals surface area (Å²) in [5, 5.41) is 35.8. The fraction of sp³-hybridized carbons (Fsp3) is 0.400. The van der Waals surface area contributed by atoms with Gasteiger partial charge >= 0.3 is 17.9 Å². The highest BCUT2D eigenvalue weighted by Crippen LogP contribution is 2.26. The zero-order valence-electron chi connectivity index (χ0n) is 9.41. The maximum Gasteiger partial charge on any atom is 0.337 e. The molecular formula is C10H12O8. The van der Waals surface area contributed by atoms with E-state index in [4.69, 9.17) is 15.3 Å². The standard InChI is InChI=1S/C10H12O8/c1-4(2)7(13)6(8(14)15)10(18,9(16)17)3-5(11)12/h6,18H,1,3H2,2H3,(H,11,12)(H,14,15)(H,16,17). The average Bonchev–Trinajstić information content (AvgIpc) is 2.14. The number of carbonyl (C=O) groups is 4. The van der Waals surface area contributed by atoms with Crippen LogP contribution in [0.3, 0.4) is 0 Å². The van der Waals surface area contributed by atoms with Crippen molar-refractivity contribution in [3.8, 4) is 0 Å². The van der Waals surface area contributed by atoms with Gasteiger partial charge in [0.25, 0.3) is 0 Å². The lowest BCUT2D eigenvalue weighted by molar-refractivity contribution is -0.180. The highest BCUT2D eigenvalue weighted by atomic mass is 16.4. The lowest BCUT2D eigenvalue weighted by Crippen LogP contribution is -2.54.